The third-order valence-electron chi connectivity index (χ3n) is 3.91. The Morgan fingerprint density at radius 3 is 2.36 bits per heavy atom. The fraction of sp³-hybridized carbons (Fsp3) is 0.263. The Labute approximate surface area is 147 Å². The minimum Gasteiger partial charge on any atom is -0.320 e. The summed E-state index contributed by atoms with van der Waals surface area (Å²) in [7, 11) is 1.69. The van der Waals surface area contributed by atoms with Gasteiger partial charge >= 0.3 is 6.03 Å². The van der Waals surface area contributed by atoms with Crippen molar-refractivity contribution in [3.8, 4) is 0 Å². The highest BCUT2D eigenvalue weighted by atomic mass is 19.1. The van der Waals surface area contributed by atoms with Gasteiger partial charge < -0.3 is 15.1 Å². The van der Waals surface area contributed by atoms with E-state index in [0.29, 0.717) is 18.8 Å². The van der Waals surface area contributed by atoms with Gasteiger partial charge in [0.15, 0.2) is 0 Å². The maximum absolute atomic E-state index is 13.3. The van der Waals surface area contributed by atoms with Crippen LogP contribution in [0.5, 0.6) is 0 Å². The van der Waals surface area contributed by atoms with E-state index >= 15 is 0 Å². The van der Waals surface area contributed by atoms with E-state index in [1.807, 2.05) is 6.92 Å². The van der Waals surface area contributed by atoms with Crippen molar-refractivity contribution in [1.29, 1.82) is 0 Å². The molecule has 3 amide bonds. The van der Waals surface area contributed by atoms with Gasteiger partial charge in [0.05, 0.1) is 0 Å². The van der Waals surface area contributed by atoms with Gasteiger partial charge in [0, 0.05) is 38.4 Å². The lowest BCUT2D eigenvalue weighted by atomic mass is 10.2. The van der Waals surface area contributed by atoms with E-state index in [0.717, 1.165) is 11.3 Å². The number of nitrogens with one attached hydrogen (secondary N) is 1. The molecule has 0 spiro atoms. The summed E-state index contributed by atoms with van der Waals surface area (Å²) in [6, 6.07) is 12.9. The summed E-state index contributed by atoms with van der Waals surface area (Å²) in [5, 5.41) is 2.81. The molecule has 0 heterocycles. The molecule has 0 unspecified atom stereocenters. The number of hydrogen-bond donors (Lipinski definition) is 1. The normalized spacial score (nSPS) is 10.2. The van der Waals surface area contributed by atoms with Crippen LogP contribution in [0.4, 0.5) is 20.6 Å². The number of carbonyl (C=O) groups is 2. The standard InChI is InChI=1S/C19H22FN3O2/c1-4-23(13-15-6-5-7-16(20)12-15)19(25)21-17-8-10-18(11-9-17)22(3)14(2)24/h5-12H,4,13H2,1-3H3,(H,21,25). The van der Waals surface area contributed by atoms with Crippen molar-refractivity contribution in [2.75, 3.05) is 23.8 Å². The second kappa shape index (κ2) is 8.28. The van der Waals surface area contributed by atoms with Gasteiger partial charge in [0.25, 0.3) is 0 Å². The number of benzene rings is 2. The van der Waals surface area contributed by atoms with Crippen LogP contribution in [0.15, 0.2) is 48.5 Å². The van der Waals surface area contributed by atoms with Gasteiger partial charge in [-0.1, -0.05) is 12.1 Å². The summed E-state index contributed by atoms with van der Waals surface area (Å²) in [6.07, 6.45) is 0. The van der Waals surface area contributed by atoms with Gasteiger partial charge in [-0.15, -0.1) is 0 Å². The number of amides is 3. The fourth-order valence-electron chi connectivity index (χ4n) is 2.34. The smallest absolute Gasteiger partial charge is 0.320 e. The van der Waals surface area contributed by atoms with E-state index in [9.17, 15) is 14.0 Å². The van der Waals surface area contributed by atoms with Crippen molar-refractivity contribution >= 4 is 23.3 Å². The van der Waals surface area contributed by atoms with Crippen molar-refractivity contribution in [3.05, 3.63) is 59.9 Å². The van der Waals surface area contributed by atoms with Crippen LogP contribution < -0.4 is 10.2 Å². The lowest BCUT2D eigenvalue weighted by molar-refractivity contribution is -0.116. The van der Waals surface area contributed by atoms with Crippen LogP contribution in [0.1, 0.15) is 19.4 Å². The first kappa shape index (κ1) is 18.4. The van der Waals surface area contributed by atoms with Crippen LogP contribution in [0.3, 0.4) is 0 Å². The Bertz CT molecular complexity index is 747. The molecular weight excluding hydrogens is 321 g/mol. The van der Waals surface area contributed by atoms with Crippen molar-refractivity contribution in [2.24, 2.45) is 0 Å². The molecule has 1 N–H and O–H groups in total. The SMILES string of the molecule is CCN(Cc1cccc(F)c1)C(=O)Nc1ccc(N(C)C(C)=O)cc1. The summed E-state index contributed by atoms with van der Waals surface area (Å²) in [4.78, 5) is 26.9. The number of nitrogens with zero attached hydrogens (tertiary/aromatic N) is 2. The quantitative estimate of drug-likeness (QED) is 0.896. The van der Waals surface area contributed by atoms with Gasteiger partial charge in [-0.05, 0) is 48.9 Å². The molecule has 0 radical (unpaired) electrons. The molecule has 5 nitrogen and oxygen atoms in total. The number of hydrogen-bond acceptors (Lipinski definition) is 2. The molecule has 2 aromatic rings. The summed E-state index contributed by atoms with van der Waals surface area (Å²) in [6.45, 7) is 4.17. The van der Waals surface area contributed by atoms with Crippen LogP contribution in [-0.4, -0.2) is 30.4 Å². The van der Waals surface area contributed by atoms with Crippen molar-refractivity contribution in [1.82, 2.24) is 4.90 Å². The number of urea groups is 1. The van der Waals surface area contributed by atoms with E-state index in [1.54, 1.807) is 48.3 Å². The Kier molecular flexibility index (Phi) is 6.11. The largest absolute Gasteiger partial charge is 0.322 e. The molecule has 0 aliphatic rings. The van der Waals surface area contributed by atoms with E-state index in [1.165, 1.54) is 24.0 Å². The third kappa shape index (κ3) is 5.04. The molecule has 0 aromatic heterocycles. The zero-order valence-corrected chi connectivity index (χ0v) is 14.6. The number of halogens is 1. The second-order valence-corrected chi connectivity index (χ2v) is 5.70. The highest BCUT2D eigenvalue weighted by Crippen LogP contribution is 2.18. The van der Waals surface area contributed by atoms with Crippen LogP contribution in [0, 0.1) is 5.82 Å². The lowest BCUT2D eigenvalue weighted by Gasteiger charge is -2.22. The predicted molar refractivity (Wildman–Crippen MR) is 97.0 cm³/mol. The van der Waals surface area contributed by atoms with E-state index in [-0.39, 0.29) is 17.8 Å². The number of carbonyl (C=O) groups excluding carboxylic acids is 2. The number of rotatable bonds is 5. The topological polar surface area (TPSA) is 52.7 Å². The first-order valence-corrected chi connectivity index (χ1v) is 8.05. The molecule has 0 saturated carbocycles. The van der Waals surface area contributed by atoms with Crippen LogP contribution in [-0.2, 0) is 11.3 Å². The molecule has 25 heavy (non-hydrogen) atoms. The molecule has 2 aromatic carbocycles. The predicted octanol–water partition coefficient (Wildman–Crippen LogP) is 3.86. The summed E-state index contributed by atoms with van der Waals surface area (Å²) < 4.78 is 13.3. The van der Waals surface area contributed by atoms with Gasteiger partial charge in [0.1, 0.15) is 5.82 Å². The minimum atomic E-state index is -0.320. The molecule has 0 bridgehead atoms. The Morgan fingerprint density at radius 2 is 1.80 bits per heavy atom. The highest BCUT2D eigenvalue weighted by Gasteiger charge is 2.13. The first-order valence-electron chi connectivity index (χ1n) is 8.05. The zero-order valence-electron chi connectivity index (χ0n) is 14.6. The Balaban J connectivity index is 2.02. The summed E-state index contributed by atoms with van der Waals surface area (Å²) >= 11 is 0. The average molecular weight is 343 g/mol. The van der Waals surface area contributed by atoms with Gasteiger partial charge in [-0.25, -0.2) is 9.18 Å². The molecule has 0 atom stereocenters. The third-order valence-corrected chi connectivity index (χ3v) is 3.91. The Morgan fingerprint density at radius 1 is 1.12 bits per heavy atom. The monoisotopic (exact) mass is 343 g/mol. The molecule has 6 heteroatoms. The second-order valence-electron chi connectivity index (χ2n) is 5.70. The van der Waals surface area contributed by atoms with Crippen molar-refractivity contribution < 1.29 is 14.0 Å². The number of anilines is 2. The van der Waals surface area contributed by atoms with Crippen LogP contribution in [0.2, 0.25) is 0 Å². The first-order chi connectivity index (χ1) is 11.9. The van der Waals surface area contributed by atoms with E-state index in [2.05, 4.69) is 5.32 Å². The van der Waals surface area contributed by atoms with Gasteiger partial charge in [-0.3, -0.25) is 4.79 Å². The molecule has 0 fully saturated rings. The van der Waals surface area contributed by atoms with Crippen LogP contribution >= 0.6 is 0 Å². The van der Waals surface area contributed by atoms with Gasteiger partial charge in [0.2, 0.25) is 5.91 Å². The summed E-state index contributed by atoms with van der Waals surface area (Å²) in [5.41, 5.74) is 2.11. The molecule has 0 aliphatic carbocycles. The maximum Gasteiger partial charge on any atom is 0.322 e. The fourth-order valence-corrected chi connectivity index (χ4v) is 2.34. The molecule has 132 valence electrons. The van der Waals surface area contributed by atoms with E-state index < -0.39 is 0 Å². The molecule has 0 saturated heterocycles. The molecular formula is C19H22FN3O2. The zero-order chi connectivity index (χ0) is 18.4. The highest BCUT2D eigenvalue weighted by molar-refractivity contribution is 5.92. The molecule has 0 aliphatic heterocycles. The summed E-state index contributed by atoms with van der Waals surface area (Å²) in [5.74, 6) is -0.386. The average Bonchev–Trinajstić information content (AvgIpc) is 2.59. The van der Waals surface area contributed by atoms with Crippen molar-refractivity contribution in [2.45, 2.75) is 20.4 Å². The van der Waals surface area contributed by atoms with E-state index in [4.69, 9.17) is 0 Å². The Hall–Kier alpha value is -2.89. The molecule has 2 rings (SSSR count). The van der Waals surface area contributed by atoms with Crippen LogP contribution in [0.25, 0.3) is 0 Å². The lowest BCUT2D eigenvalue weighted by Crippen LogP contribution is -2.34. The van der Waals surface area contributed by atoms with Crippen molar-refractivity contribution in [3.63, 3.8) is 0 Å². The van der Waals surface area contributed by atoms with Gasteiger partial charge in [-0.2, -0.15) is 0 Å². The maximum atomic E-state index is 13.3. The minimum absolute atomic E-state index is 0.0657.